The Hall–Kier alpha value is -2.69. The maximum absolute atomic E-state index is 12.3. The van der Waals surface area contributed by atoms with Crippen LogP contribution in [0, 0.1) is 0 Å². The van der Waals surface area contributed by atoms with E-state index in [1.54, 1.807) is 11.9 Å². The van der Waals surface area contributed by atoms with E-state index < -0.39 is 5.97 Å². The molecule has 2 rings (SSSR count). The Bertz CT molecular complexity index is 671. The lowest BCUT2D eigenvalue weighted by Crippen LogP contribution is -2.28. The highest BCUT2D eigenvalue weighted by Crippen LogP contribution is 2.08. The van der Waals surface area contributed by atoms with Crippen LogP contribution in [-0.2, 0) is 6.42 Å². The van der Waals surface area contributed by atoms with Gasteiger partial charge < -0.3 is 10.0 Å². The lowest BCUT2D eigenvalue weighted by molar-refractivity contribution is 0.0696. The van der Waals surface area contributed by atoms with Crippen molar-refractivity contribution in [3.05, 3.63) is 65.5 Å². The molecular formula is C18H20N2O3. The molecule has 1 heterocycles. The number of benzene rings is 1. The topological polar surface area (TPSA) is 70.5 Å². The van der Waals surface area contributed by atoms with Gasteiger partial charge in [0.05, 0.1) is 5.56 Å². The smallest absolute Gasteiger partial charge is 0.335 e. The first-order valence-corrected chi connectivity index (χ1v) is 7.56. The Balaban J connectivity index is 1.83. The molecule has 0 fully saturated rings. The van der Waals surface area contributed by atoms with Crippen molar-refractivity contribution in [3.8, 4) is 0 Å². The molecule has 0 radical (unpaired) electrons. The van der Waals surface area contributed by atoms with Crippen molar-refractivity contribution < 1.29 is 14.7 Å². The molecule has 5 heteroatoms. The number of hydrogen-bond acceptors (Lipinski definition) is 3. The minimum atomic E-state index is -1.06. The van der Waals surface area contributed by atoms with Crippen molar-refractivity contribution in [2.45, 2.75) is 19.3 Å². The van der Waals surface area contributed by atoms with Gasteiger partial charge in [-0.2, -0.15) is 0 Å². The number of hydrogen-bond donors (Lipinski definition) is 1. The number of aromatic nitrogens is 1. The standard InChI is InChI=1S/C18H20N2O3/c1-20(12-6-5-9-14-7-3-2-4-8-14)17(21)16-13-15(18(22)23)10-11-19-16/h2-4,7-8,10-11,13H,5-6,9,12H2,1H3,(H,22,23). The monoisotopic (exact) mass is 312 g/mol. The number of aromatic carboxylic acids is 1. The van der Waals surface area contributed by atoms with E-state index in [0.29, 0.717) is 6.54 Å². The third-order valence-electron chi connectivity index (χ3n) is 3.62. The Morgan fingerprint density at radius 2 is 1.87 bits per heavy atom. The second-order valence-corrected chi connectivity index (χ2v) is 5.40. The summed E-state index contributed by atoms with van der Waals surface area (Å²) in [6, 6.07) is 12.9. The van der Waals surface area contributed by atoms with E-state index in [-0.39, 0.29) is 17.2 Å². The first kappa shape index (κ1) is 16.7. The minimum Gasteiger partial charge on any atom is -0.478 e. The highest BCUT2D eigenvalue weighted by molar-refractivity contribution is 5.95. The number of rotatable bonds is 7. The van der Waals surface area contributed by atoms with Gasteiger partial charge in [0.2, 0.25) is 0 Å². The first-order valence-electron chi connectivity index (χ1n) is 7.56. The van der Waals surface area contributed by atoms with Crippen molar-refractivity contribution in [2.24, 2.45) is 0 Å². The number of carbonyl (C=O) groups is 2. The van der Waals surface area contributed by atoms with Crippen LogP contribution < -0.4 is 0 Å². The van der Waals surface area contributed by atoms with E-state index in [1.807, 2.05) is 18.2 Å². The number of amides is 1. The molecule has 0 saturated heterocycles. The molecule has 120 valence electrons. The Morgan fingerprint density at radius 3 is 2.57 bits per heavy atom. The summed E-state index contributed by atoms with van der Waals surface area (Å²) in [7, 11) is 1.71. The predicted octanol–water partition coefficient (Wildman–Crippen LogP) is 2.87. The minimum absolute atomic E-state index is 0.0702. The third-order valence-corrected chi connectivity index (χ3v) is 3.62. The van der Waals surface area contributed by atoms with Gasteiger partial charge in [0.15, 0.2) is 0 Å². The summed E-state index contributed by atoms with van der Waals surface area (Å²) < 4.78 is 0. The van der Waals surface area contributed by atoms with E-state index >= 15 is 0 Å². The number of carboxylic acids is 1. The van der Waals surface area contributed by atoms with Gasteiger partial charge in [-0.1, -0.05) is 30.3 Å². The number of pyridine rings is 1. The van der Waals surface area contributed by atoms with Gasteiger partial charge in [-0.25, -0.2) is 4.79 Å². The zero-order valence-electron chi connectivity index (χ0n) is 13.1. The van der Waals surface area contributed by atoms with Gasteiger partial charge in [0.1, 0.15) is 5.69 Å². The SMILES string of the molecule is CN(CCCCc1ccccc1)C(=O)c1cc(C(=O)O)ccn1. The van der Waals surface area contributed by atoms with Crippen LogP contribution in [0.5, 0.6) is 0 Å². The van der Waals surface area contributed by atoms with Gasteiger partial charge in [-0.05, 0) is 37.0 Å². The average Bonchev–Trinajstić information content (AvgIpc) is 2.59. The van der Waals surface area contributed by atoms with E-state index in [4.69, 9.17) is 5.11 Å². The number of unbranched alkanes of at least 4 members (excludes halogenated alkanes) is 1. The molecular weight excluding hydrogens is 292 g/mol. The second-order valence-electron chi connectivity index (χ2n) is 5.40. The summed E-state index contributed by atoms with van der Waals surface area (Å²) in [6.07, 6.45) is 4.20. The van der Waals surface area contributed by atoms with E-state index in [0.717, 1.165) is 19.3 Å². The molecule has 2 aromatic rings. The summed E-state index contributed by atoms with van der Waals surface area (Å²) in [5, 5.41) is 8.96. The zero-order chi connectivity index (χ0) is 16.7. The normalized spacial score (nSPS) is 10.3. The van der Waals surface area contributed by atoms with Crippen molar-refractivity contribution in [1.29, 1.82) is 0 Å². The third kappa shape index (κ3) is 4.92. The van der Waals surface area contributed by atoms with E-state index in [2.05, 4.69) is 17.1 Å². The van der Waals surface area contributed by atoms with Gasteiger partial charge in [-0.15, -0.1) is 0 Å². The summed E-state index contributed by atoms with van der Waals surface area (Å²) >= 11 is 0. The highest BCUT2D eigenvalue weighted by Gasteiger charge is 2.14. The van der Waals surface area contributed by atoms with Crippen LogP contribution in [0.1, 0.15) is 39.3 Å². The number of carbonyl (C=O) groups excluding carboxylic acids is 1. The maximum Gasteiger partial charge on any atom is 0.335 e. The van der Waals surface area contributed by atoms with Crippen LogP contribution in [0.2, 0.25) is 0 Å². The quantitative estimate of drug-likeness (QED) is 0.798. The van der Waals surface area contributed by atoms with E-state index in [9.17, 15) is 9.59 Å². The predicted molar refractivity (Wildman–Crippen MR) is 87.5 cm³/mol. The molecule has 0 atom stereocenters. The molecule has 0 aliphatic rings. The Morgan fingerprint density at radius 1 is 1.13 bits per heavy atom. The summed E-state index contributed by atoms with van der Waals surface area (Å²) in [5.74, 6) is -1.32. The average molecular weight is 312 g/mol. The Kier molecular flexibility index (Phi) is 5.86. The second kappa shape index (κ2) is 8.08. The maximum atomic E-state index is 12.3. The molecule has 1 amide bonds. The molecule has 0 aliphatic carbocycles. The largest absolute Gasteiger partial charge is 0.478 e. The molecule has 0 saturated carbocycles. The van der Waals surface area contributed by atoms with Crippen LogP contribution in [0.25, 0.3) is 0 Å². The van der Waals surface area contributed by atoms with Gasteiger partial charge in [0.25, 0.3) is 5.91 Å². The van der Waals surface area contributed by atoms with Gasteiger partial charge >= 0.3 is 5.97 Å². The van der Waals surface area contributed by atoms with Crippen LogP contribution in [0.4, 0.5) is 0 Å². The van der Waals surface area contributed by atoms with Crippen molar-refractivity contribution >= 4 is 11.9 Å². The van der Waals surface area contributed by atoms with E-state index in [1.165, 1.54) is 23.9 Å². The highest BCUT2D eigenvalue weighted by atomic mass is 16.4. The molecule has 1 aromatic carbocycles. The summed E-state index contributed by atoms with van der Waals surface area (Å²) in [6.45, 7) is 0.616. The summed E-state index contributed by atoms with van der Waals surface area (Å²) in [5.41, 5.74) is 1.52. The number of carboxylic acid groups (broad SMARTS) is 1. The Labute approximate surface area is 135 Å². The fourth-order valence-electron chi connectivity index (χ4n) is 2.30. The lowest BCUT2D eigenvalue weighted by atomic mass is 10.1. The number of nitrogens with zero attached hydrogens (tertiary/aromatic N) is 2. The molecule has 0 aliphatic heterocycles. The fraction of sp³-hybridized carbons (Fsp3) is 0.278. The lowest BCUT2D eigenvalue weighted by Gasteiger charge is -2.16. The molecule has 1 aromatic heterocycles. The van der Waals surface area contributed by atoms with Crippen LogP contribution in [0.15, 0.2) is 48.7 Å². The van der Waals surface area contributed by atoms with Gasteiger partial charge in [-0.3, -0.25) is 9.78 Å². The molecule has 0 spiro atoms. The van der Waals surface area contributed by atoms with Crippen molar-refractivity contribution in [1.82, 2.24) is 9.88 Å². The molecule has 23 heavy (non-hydrogen) atoms. The summed E-state index contributed by atoms with van der Waals surface area (Å²) in [4.78, 5) is 28.7. The first-order chi connectivity index (χ1) is 11.1. The van der Waals surface area contributed by atoms with Crippen LogP contribution in [0.3, 0.4) is 0 Å². The molecule has 1 N–H and O–H groups in total. The van der Waals surface area contributed by atoms with Crippen LogP contribution in [-0.4, -0.2) is 40.5 Å². The zero-order valence-corrected chi connectivity index (χ0v) is 13.1. The number of aryl methyl sites for hydroxylation is 1. The fourth-order valence-corrected chi connectivity index (χ4v) is 2.30. The van der Waals surface area contributed by atoms with Crippen molar-refractivity contribution in [3.63, 3.8) is 0 Å². The van der Waals surface area contributed by atoms with Gasteiger partial charge in [0, 0.05) is 19.8 Å². The molecule has 0 unspecified atom stereocenters. The molecule has 0 bridgehead atoms. The van der Waals surface area contributed by atoms with Crippen LogP contribution >= 0.6 is 0 Å². The van der Waals surface area contributed by atoms with Crippen molar-refractivity contribution in [2.75, 3.05) is 13.6 Å². The molecule has 5 nitrogen and oxygen atoms in total.